The second kappa shape index (κ2) is 7.28. The maximum Gasteiger partial charge on any atom is 0.239 e. The van der Waals surface area contributed by atoms with Crippen molar-refractivity contribution in [2.24, 2.45) is 5.92 Å². The molecule has 1 fully saturated rings. The smallest absolute Gasteiger partial charge is 0.239 e. The molecule has 1 atom stereocenters. The second-order valence-corrected chi connectivity index (χ2v) is 6.88. The minimum atomic E-state index is -0.618. The molecule has 2 amide bonds. The summed E-state index contributed by atoms with van der Waals surface area (Å²) >= 11 is 6.07. The number of halogens is 1. The SMILES string of the molecule is Cc1ccc(Cl)cc1N1CCC(C(=O)N(C)Cc2ccccc2)C1=O. The third kappa shape index (κ3) is 3.69. The number of hydrogen-bond donors (Lipinski definition) is 0. The Morgan fingerprint density at radius 1 is 1.24 bits per heavy atom. The highest BCUT2D eigenvalue weighted by Gasteiger charge is 2.39. The quantitative estimate of drug-likeness (QED) is 0.784. The molecule has 5 heteroatoms. The van der Waals surface area contributed by atoms with E-state index in [0.29, 0.717) is 24.5 Å². The van der Waals surface area contributed by atoms with Crippen LogP contribution in [0, 0.1) is 12.8 Å². The molecule has 1 unspecified atom stereocenters. The van der Waals surface area contributed by atoms with Crippen molar-refractivity contribution in [3.05, 3.63) is 64.7 Å². The third-order valence-corrected chi connectivity index (χ3v) is 4.84. The van der Waals surface area contributed by atoms with E-state index in [-0.39, 0.29) is 11.8 Å². The Balaban J connectivity index is 1.73. The number of rotatable bonds is 4. The molecule has 2 aromatic carbocycles. The lowest BCUT2D eigenvalue weighted by molar-refractivity contribution is -0.139. The summed E-state index contributed by atoms with van der Waals surface area (Å²) in [6, 6.07) is 15.3. The second-order valence-electron chi connectivity index (χ2n) is 6.44. The number of hydrogen-bond acceptors (Lipinski definition) is 2. The van der Waals surface area contributed by atoms with Gasteiger partial charge in [0.2, 0.25) is 11.8 Å². The fourth-order valence-corrected chi connectivity index (χ4v) is 3.39. The molecular formula is C20H21ClN2O2. The van der Waals surface area contributed by atoms with Crippen molar-refractivity contribution in [3.63, 3.8) is 0 Å². The number of aryl methyl sites for hydroxylation is 1. The first-order valence-corrected chi connectivity index (χ1v) is 8.71. The summed E-state index contributed by atoms with van der Waals surface area (Å²) in [7, 11) is 1.75. The lowest BCUT2D eigenvalue weighted by Gasteiger charge is -2.22. The van der Waals surface area contributed by atoms with Gasteiger partial charge in [0.1, 0.15) is 5.92 Å². The predicted octanol–water partition coefficient (Wildman–Crippen LogP) is 3.66. The van der Waals surface area contributed by atoms with E-state index in [4.69, 9.17) is 11.6 Å². The summed E-state index contributed by atoms with van der Waals surface area (Å²) in [5.74, 6) is -0.890. The normalized spacial score (nSPS) is 17.0. The lowest BCUT2D eigenvalue weighted by atomic mass is 10.1. The molecule has 0 radical (unpaired) electrons. The Morgan fingerprint density at radius 3 is 2.68 bits per heavy atom. The van der Waals surface area contributed by atoms with Gasteiger partial charge in [-0.05, 0) is 36.6 Å². The van der Waals surface area contributed by atoms with Gasteiger partial charge in [0, 0.05) is 30.8 Å². The molecule has 0 N–H and O–H groups in total. The van der Waals surface area contributed by atoms with Gasteiger partial charge in [-0.3, -0.25) is 9.59 Å². The van der Waals surface area contributed by atoms with Gasteiger partial charge in [0.15, 0.2) is 0 Å². The van der Waals surface area contributed by atoms with Crippen molar-refractivity contribution < 1.29 is 9.59 Å². The van der Waals surface area contributed by atoms with Crippen LogP contribution in [0.3, 0.4) is 0 Å². The van der Waals surface area contributed by atoms with Gasteiger partial charge in [-0.2, -0.15) is 0 Å². The largest absolute Gasteiger partial charge is 0.341 e. The topological polar surface area (TPSA) is 40.6 Å². The van der Waals surface area contributed by atoms with E-state index in [1.54, 1.807) is 29.0 Å². The van der Waals surface area contributed by atoms with E-state index < -0.39 is 5.92 Å². The Hall–Kier alpha value is -2.33. The summed E-state index contributed by atoms with van der Waals surface area (Å²) in [4.78, 5) is 28.9. The van der Waals surface area contributed by atoms with Crippen LogP contribution in [0.15, 0.2) is 48.5 Å². The van der Waals surface area contributed by atoms with Gasteiger partial charge in [-0.25, -0.2) is 0 Å². The monoisotopic (exact) mass is 356 g/mol. The number of anilines is 1. The van der Waals surface area contributed by atoms with Crippen LogP contribution in [0.5, 0.6) is 0 Å². The Kier molecular flexibility index (Phi) is 5.09. The van der Waals surface area contributed by atoms with Crippen LogP contribution in [0.4, 0.5) is 5.69 Å². The number of nitrogens with zero attached hydrogens (tertiary/aromatic N) is 2. The molecule has 1 aliphatic heterocycles. The highest BCUT2D eigenvalue weighted by molar-refractivity contribution is 6.31. The van der Waals surface area contributed by atoms with Crippen molar-refractivity contribution in [3.8, 4) is 0 Å². The van der Waals surface area contributed by atoms with E-state index in [1.165, 1.54) is 0 Å². The molecule has 1 saturated heterocycles. The van der Waals surface area contributed by atoms with Gasteiger partial charge in [0.05, 0.1) is 0 Å². The molecule has 1 aliphatic rings. The maximum absolute atomic E-state index is 12.8. The van der Waals surface area contributed by atoms with Crippen LogP contribution in [0.2, 0.25) is 5.02 Å². The average Bonchev–Trinajstić information content (AvgIpc) is 2.98. The van der Waals surface area contributed by atoms with Crippen LogP contribution in [-0.2, 0) is 16.1 Å². The Bertz CT molecular complexity index is 792. The maximum atomic E-state index is 12.8. The molecule has 0 spiro atoms. The van der Waals surface area contributed by atoms with Crippen molar-refractivity contribution in [2.45, 2.75) is 19.9 Å². The van der Waals surface area contributed by atoms with Crippen molar-refractivity contribution in [1.82, 2.24) is 4.90 Å². The molecular weight excluding hydrogens is 336 g/mol. The van der Waals surface area contributed by atoms with Gasteiger partial charge >= 0.3 is 0 Å². The van der Waals surface area contributed by atoms with Crippen LogP contribution in [-0.4, -0.2) is 30.3 Å². The van der Waals surface area contributed by atoms with Crippen molar-refractivity contribution in [1.29, 1.82) is 0 Å². The predicted molar refractivity (Wildman–Crippen MR) is 99.6 cm³/mol. The van der Waals surface area contributed by atoms with E-state index in [0.717, 1.165) is 16.8 Å². The molecule has 2 aromatic rings. The molecule has 0 aromatic heterocycles. The van der Waals surface area contributed by atoms with Crippen LogP contribution < -0.4 is 4.90 Å². The summed E-state index contributed by atoms with van der Waals surface area (Å²) < 4.78 is 0. The Morgan fingerprint density at radius 2 is 1.96 bits per heavy atom. The molecule has 130 valence electrons. The first kappa shape index (κ1) is 17.5. The first-order valence-electron chi connectivity index (χ1n) is 8.34. The molecule has 3 rings (SSSR count). The van der Waals surface area contributed by atoms with E-state index in [9.17, 15) is 9.59 Å². The van der Waals surface area contributed by atoms with E-state index in [2.05, 4.69) is 0 Å². The van der Waals surface area contributed by atoms with Gasteiger partial charge in [0.25, 0.3) is 0 Å². The van der Waals surface area contributed by atoms with Crippen LogP contribution in [0.1, 0.15) is 17.5 Å². The van der Waals surface area contributed by atoms with Crippen molar-refractivity contribution in [2.75, 3.05) is 18.5 Å². The van der Waals surface area contributed by atoms with Gasteiger partial charge < -0.3 is 9.80 Å². The molecule has 1 heterocycles. The lowest BCUT2D eigenvalue weighted by Crippen LogP contribution is -2.37. The fraction of sp³-hybridized carbons (Fsp3) is 0.300. The molecule has 0 saturated carbocycles. The minimum absolute atomic E-state index is 0.129. The fourth-order valence-electron chi connectivity index (χ4n) is 3.22. The highest BCUT2D eigenvalue weighted by atomic mass is 35.5. The number of carbonyl (C=O) groups is 2. The minimum Gasteiger partial charge on any atom is -0.341 e. The van der Waals surface area contributed by atoms with Gasteiger partial charge in [-0.15, -0.1) is 0 Å². The van der Waals surface area contributed by atoms with Crippen LogP contribution >= 0.6 is 11.6 Å². The zero-order valence-electron chi connectivity index (χ0n) is 14.4. The summed E-state index contributed by atoms with van der Waals surface area (Å²) in [6.45, 7) is 2.98. The Labute approximate surface area is 153 Å². The molecule has 0 bridgehead atoms. The van der Waals surface area contributed by atoms with E-state index in [1.807, 2.05) is 43.3 Å². The third-order valence-electron chi connectivity index (χ3n) is 4.60. The zero-order chi connectivity index (χ0) is 18.0. The molecule has 0 aliphatic carbocycles. The van der Waals surface area contributed by atoms with Crippen LogP contribution in [0.25, 0.3) is 0 Å². The summed E-state index contributed by atoms with van der Waals surface area (Å²) in [5.41, 5.74) is 2.81. The van der Waals surface area contributed by atoms with Crippen molar-refractivity contribution >= 4 is 29.1 Å². The summed E-state index contributed by atoms with van der Waals surface area (Å²) in [6.07, 6.45) is 0.531. The highest BCUT2D eigenvalue weighted by Crippen LogP contribution is 2.31. The number of carbonyl (C=O) groups excluding carboxylic acids is 2. The van der Waals surface area contributed by atoms with Gasteiger partial charge in [-0.1, -0.05) is 48.0 Å². The molecule has 25 heavy (non-hydrogen) atoms. The number of amides is 2. The number of benzene rings is 2. The van der Waals surface area contributed by atoms with E-state index >= 15 is 0 Å². The summed E-state index contributed by atoms with van der Waals surface area (Å²) in [5, 5.41) is 0.587. The standard InChI is InChI=1S/C20H21ClN2O2/c1-14-8-9-16(21)12-18(14)23-11-10-17(20(23)25)19(24)22(2)13-15-6-4-3-5-7-15/h3-9,12,17H,10-11,13H2,1-2H3. The first-order chi connectivity index (χ1) is 12.0. The zero-order valence-corrected chi connectivity index (χ0v) is 15.2. The molecule has 4 nitrogen and oxygen atoms in total. The average molecular weight is 357 g/mol.